The van der Waals surface area contributed by atoms with Crippen LogP contribution in [0.15, 0.2) is 58.5 Å². The normalized spacial score (nSPS) is 13.7. The molecule has 2 aromatic heterocycles. The van der Waals surface area contributed by atoms with E-state index in [1.54, 1.807) is 40.2 Å². The van der Waals surface area contributed by atoms with Crippen molar-refractivity contribution in [2.45, 2.75) is 32.0 Å². The predicted octanol–water partition coefficient (Wildman–Crippen LogP) is 5.52. The molecule has 180 valence electrons. The molecule has 0 aliphatic carbocycles. The van der Waals surface area contributed by atoms with Gasteiger partial charge in [0.25, 0.3) is 5.56 Å². The molecule has 0 unspecified atom stereocenters. The van der Waals surface area contributed by atoms with Gasteiger partial charge in [0.15, 0.2) is 5.16 Å². The zero-order chi connectivity index (χ0) is 24.5. The van der Waals surface area contributed by atoms with Gasteiger partial charge in [0.05, 0.1) is 16.8 Å². The number of likely N-dealkylation sites (N-methyl/N-ethyl adjacent to an activating group) is 1. The lowest BCUT2D eigenvalue weighted by Gasteiger charge is -2.25. The highest BCUT2D eigenvalue weighted by molar-refractivity contribution is 7.99. The molecular weight excluding hydrogens is 500 g/mol. The molecule has 0 saturated heterocycles. The maximum atomic E-state index is 13.9. The minimum atomic E-state index is -0.189. The Morgan fingerprint density at radius 1 is 1.23 bits per heavy atom. The number of amides is 1. The number of rotatable bonds is 6. The van der Waals surface area contributed by atoms with Crippen LogP contribution in [0.4, 0.5) is 5.69 Å². The number of hydrogen-bond donors (Lipinski definition) is 1. The van der Waals surface area contributed by atoms with Gasteiger partial charge >= 0.3 is 0 Å². The van der Waals surface area contributed by atoms with E-state index in [2.05, 4.69) is 17.1 Å². The molecule has 1 aliphatic rings. The van der Waals surface area contributed by atoms with Crippen LogP contribution >= 0.6 is 34.7 Å². The van der Waals surface area contributed by atoms with Crippen LogP contribution in [-0.2, 0) is 17.8 Å². The molecule has 4 aromatic rings. The lowest BCUT2D eigenvalue weighted by molar-refractivity contribution is -0.113. The molecule has 0 atom stereocenters. The fourth-order valence-corrected chi connectivity index (χ4v) is 6.56. The van der Waals surface area contributed by atoms with Crippen LogP contribution in [0.5, 0.6) is 0 Å². The maximum absolute atomic E-state index is 13.9. The first-order valence-corrected chi connectivity index (χ1v) is 13.7. The first kappa shape index (κ1) is 24.1. The summed E-state index contributed by atoms with van der Waals surface area (Å²) in [6.45, 7) is 6.95. The second kappa shape index (κ2) is 10.1. The van der Waals surface area contributed by atoms with Crippen molar-refractivity contribution in [2.75, 3.05) is 24.2 Å². The van der Waals surface area contributed by atoms with Crippen molar-refractivity contribution in [2.24, 2.45) is 0 Å². The molecule has 0 bridgehead atoms. The Bertz CT molecular complexity index is 1460. The Labute approximate surface area is 216 Å². The average Bonchev–Trinajstić information content (AvgIpc) is 3.21. The van der Waals surface area contributed by atoms with Gasteiger partial charge in [-0.25, -0.2) is 4.98 Å². The Balaban J connectivity index is 1.52. The summed E-state index contributed by atoms with van der Waals surface area (Å²) in [5.41, 5.74) is 3.55. The van der Waals surface area contributed by atoms with E-state index < -0.39 is 0 Å². The highest BCUT2D eigenvalue weighted by atomic mass is 35.5. The summed E-state index contributed by atoms with van der Waals surface area (Å²) >= 11 is 8.89. The monoisotopic (exact) mass is 524 g/mol. The number of hydrogen-bond acceptors (Lipinski definition) is 6. The van der Waals surface area contributed by atoms with E-state index in [0.29, 0.717) is 21.3 Å². The molecule has 0 fully saturated rings. The lowest BCUT2D eigenvalue weighted by Crippen LogP contribution is -2.30. The number of nitrogens with zero attached hydrogens (tertiary/aromatic N) is 3. The smallest absolute Gasteiger partial charge is 0.267 e. The topological polar surface area (TPSA) is 67.2 Å². The van der Waals surface area contributed by atoms with Crippen LogP contribution in [-0.4, -0.2) is 39.2 Å². The molecule has 0 saturated carbocycles. The third kappa shape index (κ3) is 5.02. The molecule has 5 rings (SSSR count). The van der Waals surface area contributed by atoms with Crippen LogP contribution < -0.4 is 10.9 Å². The molecule has 2 aromatic carbocycles. The summed E-state index contributed by atoms with van der Waals surface area (Å²) in [4.78, 5) is 35.8. The summed E-state index contributed by atoms with van der Waals surface area (Å²) in [5, 5.41) is 4.64. The van der Waals surface area contributed by atoms with Crippen molar-refractivity contribution in [3.05, 3.63) is 79.9 Å². The number of nitrogens with one attached hydrogen (secondary N) is 1. The number of fused-ring (bicyclic) bond motifs is 3. The van der Waals surface area contributed by atoms with Crippen molar-refractivity contribution >= 4 is 56.5 Å². The van der Waals surface area contributed by atoms with E-state index in [1.165, 1.54) is 16.6 Å². The van der Waals surface area contributed by atoms with E-state index in [4.69, 9.17) is 16.6 Å². The van der Waals surface area contributed by atoms with Crippen molar-refractivity contribution < 1.29 is 4.79 Å². The molecule has 1 aliphatic heterocycles. The summed E-state index contributed by atoms with van der Waals surface area (Å²) < 4.78 is 1.65. The number of benzene rings is 2. The number of thiophene rings is 1. The van der Waals surface area contributed by atoms with Crippen molar-refractivity contribution in [3.63, 3.8) is 0 Å². The Morgan fingerprint density at radius 2 is 2.03 bits per heavy atom. The maximum Gasteiger partial charge on any atom is 0.267 e. The second-order valence-electron chi connectivity index (χ2n) is 8.52. The summed E-state index contributed by atoms with van der Waals surface area (Å²) in [7, 11) is 0. The van der Waals surface area contributed by atoms with E-state index in [9.17, 15) is 9.59 Å². The molecule has 9 heteroatoms. The van der Waals surface area contributed by atoms with Gasteiger partial charge in [-0.3, -0.25) is 19.1 Å². The minimum Gasteiger partial charge on any atom is -0.325 e. The second-order valence-corrected chi connectivity index (χ2v) is 11.0. The van der Waals surface area contributed by atoms with E-state index in [0.717, 1.165) is 47.7 Å². The fourth-order valence-electron chi connectivity index (χ4n) is 4.26. The molecule has 6 nitrogen and oxygen atoms in total. The van der Waals surface area contributed by atoms with Gasteiger partial charge in [0.1, 0.15) is 4.83 Å². The third-order valence-electron chi connectivity index (χ3n) is 6.10. The molecule has 35 heavy (non-hydrogen) atoms. The first-order valence-electron chi connectivity index (χ1n) is 11.5. The zero-order valence-electron chi connectivity index (χ0n) is 19.5. The Kier molecular flexibility index (Phi) is 6.98. The summed E-state index contributed by atoms with van der Waals surface area (Å²) in [6, 6.07) is 14.8. The quantitative estimate of drug-likeness (QED) is 0.266. The van der Waals surface area contributed by atoms with Gasteiger partial charge in [-0.1, -0.05) is 54.0 Å². The fraction of sp³-hybridized carbons (Fsp3) is 0.269. The highest BCUT2D eigenvalue weighted by Crippen LogP contribution is 2.34. The number of thioether (sulfide) groups is 1. The molecule has 1 N–H and O–H groups in total. The van der Waals surface area contributed by atoms with Gasteiger partial charge in [-0.2, -0.15) is 0 Å². The molecule has 0 spiro atoms. The summed E-state index contributed by atoms with van der Waals surface area (Å²) in [6.07, 6.45) is 0.850. The van der Waals surface area contributed by atoms with Gasteiger partial charge in [-0.05, 0) is 55.8 Å². The van der Waals surface area contributed by atoms with Gasteiger partial charge < -0.3 is 5.32 Å². The highest BCUT2D eigenvalue weighted by Gasteiger charge is 2.25. The standard InChI is InChI=1S/C26H25ClN4O2S2/c1-3-30-12-11-20-21(14-30)35-24-23(20)25(33)31(19-9-7-16(2)8-10-19)26(29-24)34-15-22(32)28-18-6-4-5-17(27)13-18/h4-10,13H,3,11-12,14-15H2,1-2H3,(H,28,32). The van der Waals surface area contributed by atoms with Crippen molar-refractivity contribution in [3.8, 4) is 5.69 Å². The van der Waals surface area contributed by atoms with Gasteiger partial charge in [0.2, 0.25) is 5.91 Å². The van der Waals surface area contributed by atoms with Crippen LogP contribution in [0, 0.1) is 6.92 Å². The van der Waals surface area contributed by atoms with Gasteiger partial charge in [0, 0.05) is 28.7 Å². The van der Waals surface area contributed by atoms with Crippen molar-refractivity contribution in [1.29, 1.82) is 0 Å². The van der Waals surface area contributed by atoms with Crippen LogP contribution in [0.3, 0.4) is 0 Å². The molecule has 1 amide bonds. The van der Waals surface area contributed by atoms with Crippen molar-refractivity contribution in [1.82, 2.24) is 14.5 Å². The van der Waals surface area contributed by atoms with Crippen LogP contribution in [0.1, 0.15) is 22.9 Å². The number of anilines is 1. The zero-order valence-corrected chi connectivity index (χ0v) is 21.9. The number of carbonyl (C=O) groups excluding carboxylic acids is 1. The number of aryl methyl sites for hydroxylation is 1. The van der Waals surface area contributed by atoms with E-state index >= 15 is 0 Å². The summed E-state index contributed by atoms with van der Waals surface area (Å²) in [5.74, 6) is -0.0727. The Morgan fingerprint density at radius 3 is 2.77 bits per heavy atom. The number of halogens is 1. The van der Waals surface area contributed by atoms with Gasteiger partial charge in [-0.15, -0.1) is 11.3 Å². The van der Waals surface area contributed by atoms with Crippen LogP contribution in [0.25, 0.3) is 15.9 Å². The van der Waals surface area contributed by atoms with Crippen LogP contribution in [0.2, 0.25) is 5.02 Å². The third-order valence-corrected chi connectivity index (χ3v) is 8.39. The molecule has 3 heterocycles. The number of carbonyl (C=O) groups is 1. The van der Waals surface area contributed by atoms with E-state index in [-0.39, 0.29) is 17.2 Å². The largest absolute Gasteiger partial charge is 0.325 e. The predicted molar refractivity (Wildman–Crippen MR) is 145 cm³/mol. The van der Waals surface area contributed by atoms with E-state index in [1.807, 2.05) is 31.2 Å². The Hall–Kier alpha value is -2.65. The minimum absolute atomic E-state index is 0.0703. The number of aromatic nitrogens is 2. The average molecular weight is 525 g/mol. The SMILES string of the molecule is CCN1CCc2c(sc3nc(SCC(=O)Nc4cccc(Cl)c4)n(-c4ccc(C)cc4)c(=O)c23)C1. The molecular formula is C26H25ClN4O2S2. The molecule has 0 radical (unpaired) electrons. The first-order chi connectivity index (χ1) is 16.9. The lowest BCUT2D eigenvalue weighted by atomic mass is 10.1.